The molecular weight excluding hydrogens is 262 g/mol. The van der Waals surface area contributed by atoms with Crippen molar-refractivity contribution in [2.24, 2.45) is 11.3 Å². The van der Waals surface area contributed by atoms with E-state index in [-0.39, 0.29) is 11.7 Å². The van der Waals surface area contributed by atoms with Gasteiger partial charge in [0, 0.05) is 19.2 Å². The SMILES string of the molecule is CC(C)C1(C(=O)O)CCN(c2ccc([N+](=O)[O-])nc2)C1. The van der Waals surface area contributed by atoms with E-state index < -0.39 is 16.3 Å². The Balaban J connectivity index is 2.20. The number of pyridine rings is 1. The van der Waals surface area contributed by atoms with Crippen LogP contribution in [0.2, 0.25) is 0 Å². The summed E-state index contributed by atoms with van der Waals surface area (Å²) in [6, 6.07) is 2.95. The van der Waals surface area contributed by atoms with Crippen LogP contribution >= 0.6 is 0 Å². The molecule has 1 saturated heterocycles. The van der Waals surface area contributed by atoms with Crippen molar-refractivity contribution in [2.45, 2.75) is 20.3 Å². The Bertz CT molecular complexity index is 529. The number of nitrogens with zero attached hydrogens (tertiary/aromatic N) is 3. The molecule has 0 bridgehead atoms. The second-order valence-electron chi connectivity index (χ2n) is 5.42. The Morgan fingerprint density at radius 1 is 1.55 bits per heavy atom. The molecule has 2 heterocycles. The molecule has 1 fully saturated rings. The number of carboxylic acid groups (broad SMARTS) is 1. The van der Waals surface area contributed by atoms with Gasteiger partial charge in [-0.25, -0.2) is 0 Å². The third-order valence-corrected chi connectivity index (χ3v) is 4.12. The maximum atomic E-state index is 11.6. The minimum atomic E-state index is -0.787. The molecule has 0 aromatic carbocycles. The Morgan fingerprint density at radius 2 is 2.25 bits per heavy atom. The van der Waals surface area contributed by atoms with Crippen molar-refractivity contribution in [1.29, 1.82) is 0 Å². The highest BCUT2D eigenvalue weighted by Gasteiger charge is 2.47. The van der Waals surface area contributed by atoms with Crippen LogP contribution in [-0.4, -0.2) is 34.1 Å². The summed E-state index contributed by atoms with van der Waals surface area (Å²) in [5.41, 5.74) is -0.0405. The zero-order chi connectivity index (χ0) is 14.9. The van der Waals surface area contributed by atoms with Gasteiger partial charge in [0.25, 0.3) is 0 Å². The van der Waals surface area contributed by atoms with Crippen molar-refractivity contribution in [1.82, 2.24) is 4.98 Å². The number of aliphatic carboxylic acids is 1. The molecule has 1 aliphatic heterocycles. The molecule has 7 nitrogen and oxygen atoms in total. The molecular formula is C13H17N3O4. The van der Waals surface area contributed by atoms with Crippen LogP contribution in [-0.2, 0) is 4.79 Å². The molecule has 0 amide bonds. The average Bonchev–Trinajstić information content (AvgIpc) is 2.85. The number of hydrogen-bond acceptors (Lipinski definition) is 5. The number of carboxylic acids is 1. The normalized spacial score (nSPS) is 22.2. The molecule has 1 aromatic heterocycles. The molecule has 1 N–H and O–H groups in total. The van der Waals surface area contributed by atoms with E-state index in [2.05, 4.69) is 4.98 Å². The van der Waals surface area contributed by atoms with Crippen molar-refractivity contribution in [3.05, 3.63) is 28.4 Å². The van der Waals surface area contributed by atoms with E-state index in [1.165, 1.54) is 12.3 Å². The topological polar surface area (TPSA) is 96.6 Å². The van der Waals surface area contributed by atoms with Crippen molar-refractivity contribution < 1.29 is 14.8 Å². The van der Waals surface area contributed by atoms with E-state index in [0.717, 1.165) is 5.69 Å². The van der Waals surface area contributed by atoms with E-state index >= 15 is 0 Å². The van der Waals surface area contributed by atoms with E-state index in [0.29, 0.717) is 19.5 Å². The number of aromatic nitrogens is 1. The average molecular weight is 279 g/mol. The predicted octanol–water partition coefficient (Wildman–Crippen LogP) is 1.93. The monoisotopic (exact) mass is 279 g/mol. The summed E-state index contributed by atoms with van der Waals surface area (Å²) in [6.45, 7) is 4.83. The maximum absolute atomic E-state index is 11.6. The molecule has 0 radical (unpaired) electrons. The number of nitro groups is 1. The van der Waals surface area contributed by atoms with Gasteiger partial charge in [0.15, 0.2) is 6.20 Å². The quantitative estimate of drug-likeness (QED) is 0.668. The predicted molar refractivity (Wildman–Crippen MR) is 72.6 cm³/mol. The van der Waals surface area contributed by atoms with Gasteiger partial charge in [-0.3, -0.25) is 4.79 Å². The summed E-state index contributed by atoms with van der Waals surface area (Å²) in [4.78, 5) is 27.3. The van der Waals surface area contributed by atoms with Crippen molar-refractivity contribution in [3.63, 3.8) is 0 Å². The minimum Gasteiger partial charge on any atom is -0.481 e. The second-order valence-corrected chi connectivity index (χ2v) is 5.42. The van der Waals surface area contributed by atoms with Gasteiger partial charge in [-0.2, -0.15) is 0 Å². The van der Waals surface area contributed by atoms with Gasteiger partial charge in [0.1, 0.15) is 0 Å². The van der Waals surface area contributed by atoms with Crippen molar-refractivity contribution >= 4 is 17.5 Å². The van der Waals surface area contributed by atoms with E-state index in [1.54, 1.807) is 6.07 Å². The first kappa shape index (κ1) is 14.2. The molecule has 2 rings (SSSR count). The first-order valence-electron chi connectivity index (χ1n) is 6.45. The third kappa shape index (κ3) is 2.31. The summed E-state index contributed by atoms with van der Waals surface area (Å²) in [7, 11) is 0. The van der Waals surface area contributed by atoms with E-state index in [9.17, 15) is 20.0 Å². The zero-order valence-corrected chi connectivity index (χ0v) is 11.4. The lowest BCUT2D eigenvalue weighted by Crippen LogP contribution is -2.39. The third-order valence-electron chi connectivity index (χ3n) is 4.12. The van der Waals surface area contributed by atoms with Crippen LogP contribution in [0.25, 0.3) is 0 Å². The van der Waals surface area contributed by atoms with Gasteiger partial charge in [0.05, 0.1) is 11.1 Å². The molecule has 0 aliphatic carbocycles. The lowest BCUT2D eigenvalue weighted by molar-refractivity contribution is -0.389. The van der Waals surface area contributed by atoms with Crippen LogP contribution in [0.15, 0.2) is 18.3 Å². The van der Waals surface area contributed by atoms with Crippen LogP contribution in [0.1, 0.15) is 20.3 Å². The van der Waals surface area contributed by atoms with Crippen LogP contribution in [0.3, 0.4) is 0 Å². The zero-order valence-electron chi connectivity index (χ0n) is 11.4. The lowest BCUT2D eigenvalue weighted by Gasteiger charge is -2.28. The number of hydrogen-bond donors (Lipinski definition) is 1. The highest BCUT2D eigenvalue weighted by atomic mass is 16.6. The number of anilines is 1. The van der Waals surface area contributed by atoms with Gasteiger partial charge in [-0.05, 0) is 28.3 Å². The summed E-state index contributed by atoms with van der Waals surface area (Å²) in [5, 5.41) is 20.1. The molecule has 7 heteroatoms. The summed E-state index contributed by atoms with van der Waals surface area (Å²) in [5.74, 6) is -0.970. The Kier molecular flexibility index (Phi) is 3.61. The minimum absolute atomic E-state index is 0.0241. The molecule has 20 heavy (non-hydrogen) atoms. The smallest absolute Gasteiger partial charge is 0.363 e. The van der Waals surface area contributed by atoms with Crippen LogP contribution in [0, 0.1) is 21.4 Å². The van der Waals surface area contributed by atoms with E-state index in [1.807, 2.05) is 18.7 Å². The fraction of sp³-hybridized carbons (Fsp3) is 0.538. The van der Waals surface area contributed by atoms with Gasteiger partial charge >= 0.3 is 11.8 Å². The summed E-state index contributed by atoms with van der Waals surface area (Å²) in [6.07, 6.45) is 1.99. The molecule has 0 spiro atoms. The van der Waals surface area contributed by atoms with Gasteiger partial charge < -0.3 is 20.1 Å². The van der Waals surface area contributed by atoms with Gasteiger partial charge in [-0.15, -0.1) is 0 Å². The van der Waals surface area contributed by atoms with Crippen LogP contribution < -0.4 is 4.90 Å². The fourth-order valence-corrected chi connectivity index (χ4v) is 2.62. The van der Waals surface area contributed by atoms with E-state index in [4.69, 9.17) is 0 Å². The molecule has 1 aromatic rings. The largest absolute Gasteiger partial charge is 0.481 e. The van der Waals surface area contributed by atoms with Gasteiger partial charge in [-0.1, -0.05) is 13.8 Å². The molecule has 1 aliphatic rings. The fourth-order valence-electron chi connectivity index (χ4n) is 2.62. The standard InChI is InChI=1S/C13H17N3O4/c1-9(2)13(12(17)18)5-6-15(8-13)10-3-4-11(14-7-10)16(19)20/h3-4,7,9H,5-6,8H2,1-2H3,(H,17,18). The summed E-state index contributed by atoms with van der Waals surface area (Å²) >= 11 is 0. The molecule has 108 valence electrons. The molecule has 1 atom stereocenters. The van der Waals surface area contributed by atoms with Crippen LogP contribution in [0.4, 0.5) is 11.5 Å². The van der Waals surface area contributed by atoms with Crippen molar-refractivity contribution in [2.75, 3.05) is 18.0 Å². The van der Waals surface area contributed by atoms with Gasteiger partial charge in [0.2, 0.25) is 0 Å². The number of carbonyl (C=O) groups is 1. The Morgan fingerprint density at radius 3 is 2.65 bits per heavy atom. The highest BCUT2D eigenvalue weighted by Crippen LogP contribution is 2.39. The Labute approximate surface area is 116 Å². The molecule has 1 unspecified atom stereocenters. The highest BCUT2D eigenvalue weighted by molar-refractivity contribution is 5.77. The summed E-state index contributed by atoms with van der Waals surface area (Å²) < 4.78 is 0. The van der Waals surface area contributed by atoms with Crippen LogP contribution in [0.5, 0.6) is 0 Å². The molecule has 0 saturated carbocycles. The lowest BCUT2D eigenvalue weighted by atomic mass is 9.76. The number of rotatable bonds is 4. The first-order valence-corrected chi connectivity index (χ1v) is 6.45. The maximum Gasteiger partial charge on any atom is 0.363 e. The first-order chi connectivity index (χ1) is 9.36. The Hall–Kier alpha value is -2.18. The van der Waals surface area contributed by atoms with Crippen molar-refractivity contribution in [3.8, 4) is 0 Å². The second kappa shape index (κ2) is 5.07.